The molecule has 4 nitrogen and oxygen atoms in total. The van der Waals surface area contributed by atoms with Crippen LogP contribution in [0.25, 0.3) is 0 Å². The molecule has 1 N–H and O–H groups in total. The van der Waals surface area contributed by atoms with Gasteiger partial charge in [-0.3, -0.25) is 9.58 Å². The Balaban J connectivity index is 2.22. The standard InChI is InChI=1S/C12H22N4/c1-8-12(10(3)16(5)14-8)9(2)15(4)11-6-13-7-11/h9,11,13H,6-7H2,1-5H3. The molecule has 2 heterocycles. The van der Waals surface area contributed by atoms with Crippen LogP contribution in [0.3, 0.4) is 0 Å². The second-order valence-corrected chi connectivity index (χ2v) is 4.86. The number of likely N-dealkylation sites (N-methyl/N-ethyl adjacent to an activating group) is 1. The first-order valence-electron chi connectivity index (χ1n) is 5.95. The van der Waals surface area contributed by atoms with Gasteiger partial charge in [-0.15, -0.1) is 0 Å². The molecule has 2 rings (SSSR count). The third-order valence-electron chi connectivity index (χ3n) is 3.93. The maximum atomic E-state index is 4.49. The molecule has 0 radical (unpaired) electrons. The first kappa shape index (κ1) is 11.6. The van der Waals surface area contributed by atoms with Gasteiger partial charge in [0.25, 0.3) is 0 Å². The van der Waals surface area contributed by atoms with Crippen molar-refractivity contribution < 1.29 is 0 Å². The minimum Gasteiger partial charge on any atom is -0.314 e. The number of nitrogens with one attached hydrogen (secondary N) is 1. The van der Waals surface area contributed by atoms with Crippen LogP contribution in [0, 0.1) is 13.8 Å². The SMILES string of the molecule is Cc1nn(C)c(C)c1C(C)N(C)C1CNC1. The maximum Gasteiger partial charge on any atom is 0.0644 e. The van der Waals surface area contributed by atoms with Crippen molar-refractivity contribution in [3.8, 4) is 0 Å². The molecule has 1 aliphatic rings. The van der Waals surface area contributed by atoms with Gasteiger partial charge in [0.05, 0.1) is 5.69 Å². The molecule has 0 aliphatic carbocycles. The predicted octanol–water partition coefficient (Wildman–Crippen LogP) is 1.00. The fraction of sp³-hybridized carbons (Fsp3) is 0.750. The van der Waals surface area contributed by atoms with E-state index in [0.717, 1.165) is 18.8 Å². The highest BCUT2D eigenvalue weighted by atomic mass is 15.3. The third-order valence-corrected chi connectivity index (χ3v) is 3.93. The van der Waals surface area contributed by atoms with Gasteiger partial charge < -0.3 is 5.32 Å². The van der Waals surface area contributed by atoms with E-state index >= 15 is 0 Å². The molecular weight excluding hydrogens is 200 g/mol. The van der Waals surface area contributed by atoms with E-state index in [9.17, 15) is 0 Å². The van der Waals surface area contributed by atoms with Gasteiger partial charge in [0.1, 0.15) is 0 Å². The van der Waals surface area contributed by atoms with Crippen molar-refractivity contribution in [3.63, 3.8) is 0 Å². The number of aryl methyl sites for hydroxylation is 2. The maximum absolute atomic E-state index is 4.49. The quantitative estimate of drug-likeness (QED) is 0.828. The van der Waals surface area contributed by atoms with Crippen molar-refractivity contribution in [1.82, 2.24) is 20.0 Å². The Bertz CT molecular complexity index is 379. The Morgan fingerprint density at radius 1 is 1.44 bits per heavy atom. The van der Waals surface area contributed by atoms with E-state index in [1.54, 1.807) is 0 Å². The van der Waals surface area contributed by atoms with Gasteiger partial charge in [-0.1, -0.05) is 0 Å². The van der Waals surface area contributed by atoms with E-state index in [4.69, 9.17) is 0 Å². The van der Waals surface area contributed by atoms with Crippen LogP contribution >= 0.6 is 0 Å². The summed E-state index contributed by atoms with van der Waals surface area (Å²) in [5.74, 6) is 0. The number of hydrogen-bond donors (Lipinski definition) is 1. The zero-order valence-electron chi connectivity index (χ0n) is 10.9. The van der Waals surface area contributed by atoms with Crippen molar-refractivity contribution in [1.29, 1.82) is 0 Å². The molecule has 0 amide bonds. The van der Waals surface area contributed by atoms with Gasteiger partial charge in [-0.2, -0.15) is 5.10 Å². The highest BCUT2D eigenvalue weighted by Gasteiger charge is 2.28. The monoisotopic (exact) mass is 222 g/mol. The summed E-state index contributed by atoms with van der Waals surface area (Å²) in [5.41, 5.74) is 3.83. The Morgan fingerprint density at radius 2 is 2.06 bits per heavy atom. The molecule has 4 heteroatoms. The highest BCUT2D eigenvalue weighted by Crippen LogP contribution is 2.27. The van der Waals surface area contributed by atoms with Crippen molar-refractivity contribution in [3.05, 3.63) is 17.0 Å². The highest BCUT2D eigenvalue weighted by molar-refractivity contribution is 5.27. The molecule has 1 aromatic rings. The predicted molar refractivity (Wildman–Crippen MR) is 65.5 cm³/mol. The van der Waals surface area contributed by atoms with Gasteiger partial charge in [-0.05, 0) is 27.8 Å². The van der Waals surface area contributed by atoms with Crippen LogP contribution in [0.5, 0.6) is 0 Å². The largest absolute Gasteiger partial charge is 0.314 e. The van der Waals surface area contributed by atoms with Crippen LogP contribution in [0.1, 0.15) is 29.9 Å². The molecule has 0 bridgehead atoms. The zero-order chi connectivity index (χ0) is 11.9. The molecule has 0 aromatic carbocycles. The van der Waals surface area contributed by atoms with Crippen LogP contribution in [0.15, 0.2) is 0 Å². The van der Waals surface area contributed by atoms with Crippen molar-refractivity contribution in [2.24, 2.45) is 7.05 Å². The Hall–Kier alpha value is -0.870. The molecule has 1 fully saturated rings. The van der Waals surface area contributed by atoms with Gasteiger partial charge in [0, 0.05) is 43.5 Å². The normalized spacial score (nSPS) is 18.9. The lowest BCUT2D eigenvalue weighted by molar-refractivity contribution is 0.136. The number of rotatable bonds is 3. The van der Waals surface area contributed by atoms with E-state index < -0.39 is 0 Å². The fourth-order valence-electron chi connectivity index (χ4n) is 2.48. The second kappa shape index (κ2) is 4.18. The van der Waals surface area contributed by atoms with E-state index in [0.29, 0.717) is 12.1 Å². The molecule has 1 atom stereocenters. The van der Waals surface area contributed by atoms with Gasteiger partial charge in [0.15, 0.2) is 0 Å². The van der Waals surface area contributed by atoms with Crippen LogP contribution in [-0.4, -0.2) is 40.9 Å². The molecule has 90 valence electrons. The molecular formula is C12H22N4. The Labute approximate surface area is 97.6 Å². The lowest BCUT2D eigenvalue weighted by atomic mass is 10.0. The number of aromatic nitrogens is 2. The topological polar surface area (TPSA) is 33.1 Å². The molecule has 1 saturated heterocycles. The van der Waals surface area contributed by atoms with Crippen molar-refractivity contribution >= 4 is 0 Å². The van der Waals surface area contributed by atoms with Gasteiger partial charge in [0.2, 0.25) is 0 Å². The smallest absolute Gasteiger partial charge is 0.0644 e. The van der Waals surface area contributed by atoms with Crippen molar-refractivity contribution in [2.45, 2.75) is 32.9 Å². The average molecular weight is 222 g/mol. The summed E-state index contributed by atoms with van der Waals surface area (Å²) in [6, 6.07) is 1.12. The third kappa shape index (κ3) is 1.76. The lowest BCUT2D eigenvalue weighted by Gasteiger charge is -2.39. The van der Waals surface area contributed by atoms with E-state index in [2.05, 4.69) is 43.1 Å². The molecule has 1 aliphatic heterocycles. The van der Waals surface area contributed by atoms with E-state index in [1.807, 2.05) is 11.7 Å². The average Bonchev–Trinajstić information content (AvgIpc) is 2.37. The Morgan fingerprint density at radius 3 is 2.44 bits per heavy atom. The summed E-state index contributed by atoms with van der Waals surface area (Å²) in [5, 5.41) is 7.81. The van der Waals surface area contributed by atoms with Crippen LogP contribution in [0.2, 0.25) is 0 Å². The first-order chi connectivity index (χ1) is 7.52. The van der Waals surface area contributed by atoms with Gasteiger partial charge in [-0.25, -0.2) is 0 Å². The summed E-state index contributed by atoms with van der Waals surface area (Å²) in [4.78, 5) is 2.45. The van der Waals surface area contributed by atoms with E-state index in [-0.39, 0.29) is 0 Å². The molecule has 16 heavy (non-hydrogen) atoms. The molecule has 0 saturated carbocycles. The second-order valence-electron chi connectivity index (χ2n) is 4.86. The number of hydrogen-bond acceptors (Lipinski definition) is 3. The Kier molecular flexibility index (Phi) is 3.04. The van der Waals surface area contributed by atoms with Crippen LogP contribution < -0.4 is 5.32 Å². The first-order valence-corrected chi connectivity index (χ1v) is 5.95. The fourth-order valence-corrected chi connectivity index (χ4v) is 2.48. The zero-order valence-corrected chi connectivity index (χ0v) is 10.9. The minimum atomic E-state index is 0.445. The molecule has 1 unspecified atom stereocenters. The molecule has 1 aromatic heterocycles. The van der Waals surface area contributed by atoms with E-state index in [1.165, 1.54) is 11.3 Å². The van der Waals surface area contributed by atoms with Crippen molar-refractivity contribution in [2.75, 3.05) is 20.1 Å². The number of nitrogens with zero attached hydrogens (tertiary/aromatic N) is 3. The summed E-state index contributed by atoms with van der Waals surface area (Å²) in [6.07, 6.45) is 0. The summed E-state index contributed by atoms with van der Waals surface area (Å²) >= 11 is 0. The summed E-state index contributed by atoms with van der Waals surface area (Å²) in [7, 11) is 4.23. The molecule has 0 spiro atoms. The summed E-state index contributed by atoms with van der Waals surface area (Å²) < 4.78 is 1.98. The summed E-state index contributed by atoms with van der Waals surface area (Å²) in [6.45, 7) is 8.75. The van der Waals surface area contributed by atoms with Gasteiger partial charge >= 0.3 is 0 Å². The minimum absolute atomic E-state index is 0.445. The lowest BCUT2D eigenvalue weighted by Crippen LogP contribution is -2.56. The van der Waals surface area contributed by atoms with Crippen LogP contribution in [0.4, 0.5) is 0 Å². The van der Waals surface area contributed by atoms with Crippen LogP contribution in [-0.2, 0) is 7.05 Å².